The third kappa shape index (κ3) is 23.6. The topological polar surface area (TPSA) is 269 Å². The van der Waals surface area contributed by atoms with Crippen LogP contribution in [0, 0.1) is 11.3 Å². The van der Waals surface area contributed by atoms with Crippen molar-refractivity contribution in [2.75, 3.05) is 48.8 Å². The minimum absolute atomic E-state index is 0.0246. The van der Waals surface area contributed by atoms with Crippen LogP contribution >= 0.6 is 42.4 Å². The van der Waals surface area contributed by atoms with Gasteiger partial charge in [0.25, 0.3) is 0 Å². The number of ether oxygens (including phenoxy) is 2. The Hall–Kier alpha value is -4.13. The number of halogens is 6. The average Bonchev–Trinajstić information content (AvgIpc) is 3.05. The third-order valence-corrected chi connectivity index (χ3v) is 6.93. The van der Waals surface area contributed by atoms with Crippen molar-refractivity contribution in [3.8, 4) is 17.6 Å². The van der Waals surface area contributed by atoms with Crippen LogP contribution in [0.15, 0.2) is 36.4 Å². The van der Waals surface area contributed by atoms with Crippen molar-refractivity contribution < 1.29 is 61.6 Å². The fourth-order valence-electron chi connectivity index (χ4n) is 3.14. The number of alkyl halides is 3. The SMILES string of the molecule is CCNc1nc(Cl)nc(NC(C)(C)C#N)n1.C[C@H](OC(=O)c1cc(Oc2ccc(C(F)(F)F)cc2Cl)ccc1Cl)C(=O)O.C[S+](C)C.O=C(O)CNCP(=O)([O-])O. The molecule has 2 aromatic carbocycles. The molecule has 1 heterocycles. The number of carboxylic acid groups (broad SMARTS) is 2. The Morgan fingerprint density at radius 2 is 1.60 bits per heavy atom. The van der Waals surface area contributed by atoms with Gasteiger partial charge in [-0.15, -0.1) is 0 Å². The van der Waals surface area contributed by atoms with Gasteiger partial charge < -0.3 is 44.7 Å². The number of hydrogen-bond donors (Lipinski definition) is 6. The van der Waals surface area contributed by atoms with Crippen molar-refractivity contribution in [1.29, 1.82) is 5.26 Å². The van der Waals surface area contributed by atoms with Crippen LogP contribution in [0.5, 0.6) is 11.5 Å². The first-order chi connectivity index (χ1) is 26.1. The van der Waals surface area contributed by atoms with E-state index in [1.54, 1.807) is 13.8 Å². The van der Waals surface area contributed by atoms with Gasteiger partial charge >= 0.3 is 24.1 Å². The first kappa shape index (κ1) is 52.9. The summed E-state index contributed by atoms with van der Waals surface area (Å²) in [5.74, 6) is -2.89. The number of carboxylic acids is 2. The van der Waals surface area contributed by atoms with Crippen LogP contribution in [0.2, 0.25) is 15.3 Å². The van der Waals surface area contributed by atoms with Crippen LogP contribution in [0.1, 0.15) is 43.6 Å². The van der Waals surface area contributed by atoms with Crippen LogP contribution in [-0.4, -0.2) is 97.8 Å². The minimum atomic E-state index is -4.56. The Labute approximate surface area is 343 Å². The molecule has 316 valence electrons. The number of rotatable bonds is 13. The molecular formula is C32H40Cl3F3N7O10PS. The van der Waals surface area contributed by atoms with Gasteiger partial charge in [-0.05, 0) is 86.6 Å². The Kier molecular flexibility index (Phi) is 22.8. The van der Waals surface area contributed by atoms with Gasteiger partial charge in [-0.1, -0.05) is 23.2 Å². The van der Waals surface area contributed by atoms with E-state index in [2.05, 4.69) is 50.4 Å². The highest BCUT2D eigenvalue weighted by molar-refractivity contribution is 7.94. The summed E-state index contributed by atoms with van der Waals surface area (Å²) in [6, 6.07) is 8.42. The molecule has 57 heavy (non-hydrogen) atoms. The number of nitrogens with zero attached hydrogens (tertiary/aromatic N) is 4. The van der Waals surface area contributed by atoms with E-state index in [1.807, 2.05) is 12.2 Å². The number of anilines is 2. The zero-order valence-corrected chi connectivity index (χ0v) is 35.3. The fraction of sp³-hybridized carbons (Fsp3) is 0.406. The lowest BCUT2D eigenvalue weighted by molar-refractivity contribution is -0.193. The average molecular weight is 909 g/mol. The maximum Gasteiger partial charge on any atom is 0.416 e. The number of esters is 1. The van der Waals surface area contributed by atoms with Crippen molar-refractivity contribution in [2.45, 2.75) is 45.5 Å². The zero-order chi connectivity index (χ0) is 44.3. The first-order valence-corrected chi connectivity index (χ1v) is 21.0. The molecule has 0 bridgehead atoms. The van der Waals surface area contributed by atoms with Crippen molar-refractivity contribution in [3.63, 3.8) is 0 Å². The molecule has 1 unspecified atom stereocenters. The van der Waals surface area contributed by atoms with Gasteiger partial charge in [-0.2, -0.15) is 33.4 Å². The first-order valence-electron chi connectivity index (χ1n) is 15.7. The maximum atomic E-state index is 12.7. The summed E-state index contributed by atoms with van der Waals surface area (Å²) >= 11 is 17.5. The standard InChI is InChI=1S/C17H11Cl2F3O5.C9H13ClN6.C3H8NO5P.C3H9S/c1-8(15(23)24)26-16(25)11-7-10(3-4-12(11)18)27-14-5-2-9(6-13(14)19)17(20,21)22;1-4-12-7-13-6(10)14-8(15-7)16-9(2,3)5-11;5-3(6)1-4-2-10(7,8)9;1-4(2)3/h2-8H,1H3,(H,23,24);4H2,1-3H3,(H2,12,13,14,15,16);4H,1-2H2,(H,5,6)(H2,7,8,9);1-3H3/q;;;+1/p-1/t8-;;;/m0.../s1. The quantitative estimate of drug-likeness (QED) is 0.0676. The van der Waals surface area contributed by atoms with Crippen LogP contribution in [-0.2, 0) is 36.0 Å². The van der Waals surface area contributed by atoms with Crippen molar-refractivity contribution in [2.24, 2.45) is 0 Å². The van der Waals surface area contributed by atoms with E-state index in [4.69, 9.17) is 64.6 Å². The van der Waals surface area contributed by atoms with Gasteiger partial charge in [-0.3, -0.25) is 10.1 Å². The van der Waals surface area contributed by atoms with E-state index in [0.717, 1.165) is 25.1 Å². The summed E-state index contributed by atoms with van der Waals surface area (Å²) < 4.78 is 58.1. The molecule has 2 atom stereocenters. The second kappa shape index (κ2) is 24.6. The Bertz CT molecular complexity index is 1900. The highest BCUT2D eigenvalue weighted by atomic mass is 35.5. The van der Waals surface area contributed by atoms with Gasteiger partial charge in [0.05, 0.1) is 58.8 Å². The Morgan fingerprint density at radius 3 is 2.07 bits per heavy atom. The van der Waals surface area contributed by atoms with E-state index < -0.39 is 61.7 Å². The number of hydrogen-bond acceptors (Lipinski definition) is 14. The molecule has 6 N–H and O–H groups in total. The molecule has 25 heteroatoms. The van der Waals surface area contributed by atoms with Crippen LogP contribution < -0.4 is 25.6 Å². The summed E-state index contributed by atoms with van der Waals surface area (Å²) in [7, 11) is -3.71. The molecule has 3 rings (SSSR count). The number of nitriles is 1. The summed E-state index contributed by atoms with van der Waals surface area (Å²) in [5, 5.41) is 33.2. The number of benzene rings is 2. The minimum Gasteiger partial charge on any atom is -0.778 e. The molecule has 0 spiro atoms. The molecule has 0 aliphatic carbocycles. The second-order valence-electron chi connectivity index (χ2n) is 11.8. The molecule has 0 aliphatic heterocycles. The molecule has 0 radical (unpaired) electrons. The van der Waals surface area contributed by atoms with E-state index in [9.17, 15) is 37.0 Å². The second-order valence-corrected chi connectivity index (χ2v) is 17.0. The molecular weight excluding hydrogens is 869 g/mol. The predicted molar refractivity (Wildman–Crippen MR) is 208 cm³/mol. The molecule has 0 aliphatic rings. The number of aliphatic carboxylic acids is 2. The van der Waals surface area contributed by atoms with Crippen LogP contribution in [0.25, 0.3) is 0 Å². The monoisotopic (exact) mass is 907 g/mol. The molecule has 17 nitrogen and oxygen atoms in total. The van der Waals surface area contributed by atoms with E-state index in [-0.39, 0.29) is 38.3 Å². The maximum absolute atomic E-state index is 12.7. The Morgan fingerprint density at radius 1 is 1.02 bits per heavy atom. The molecule has 0 amide bonds. The van der Waals surface area contributed by atoms with Crippen molar-refractivity contribution in [3.05, 3.63) is 62.9 Å². The molecule has 0 fully saturated rings. The van der Waals surface area contributed by atoms with E-state index in [0.29, 0.717) is 29.5 Å². The number of aromatic nitrogens is 3. The lowest BCUT2D eigenvalue weighted by Crippen LogP contribution is -2.29. The van der Waals surface area contributed by atoms with Gasteiger partial charge in [0.1, 0.15) is 24.6 Å². The van der Waals surface area contributed by atoms with E-state index in [1.165, 1.54) is 12.1 Å². The highest BCUT2D eigenvalue weighted by Gasteiger charge is 2.31. The molecule has 3 aromatic rings. The molecule has 0 saturated heterocycles. The van der Waals surface area contributed by atoms with Crippen LogP contribution in [0.3, 0.4) is 0 Å². The number of carbonyl (C=O) groups is 3. The predicted octanol–water partition coefficient (Wildman–Crippen LogP) is 5.76. The smallest absolute Gasteiger partial charge is 0.416 e. The normalized spacial score (nSPS) is 12.3. The summed E-state index contributed by atoms with van der Waals surface area (Å²) in [5.41, 5.74) is -1.87. The summed E-state index contributed by atoms with van der Waals surface area (Å²) in [4.78, 5) is 62.4. The Balaban J connectivity index is 0.000000880. The summed E-state index contributed by atoms with van der Waals surface area (Å²) in [6.07, 6.45) is -0.0815. The fourth-order valence-corrected chi connectivity index (χ4v) is 4.11. The summed E-state index contributed by atoms with van der Waals surface area (Å²) in [6.45, 7) is 6.73. The van der Waals surface area contributed by atoms with Crippen molar-refractivity contribution >= 4 is 83.1 Å². The molecule has 0 saturated carbocycles. The number of nitrogens with one attached hydrogen (secondary N) is 3. The number of carbonyl (C=O) groups excluding carboxylic acids is 1. The van der Waals surface area contributed by atoms with Gasteiger partial charge in [0.15, 0.2) is 6.10 Å². The molecule has 1 aromatic heterocycles. The van der Waals surface area contributed by atoms with Gasteiger partial charge in [-0.25, -0.2) is 9.59 Å². The van der Waals surface area contributed by atoms with Gasteiger partial charge in [0, 0.05) is 6.54 Å². The highest BCUT2D eigenvalue weighted by Crippen LogP contribution is 2.37. The lowest BCUT2D eigenvalue weighted by atomic mass is 10.1. The third-order valence-electron chi connectivity index (χ3n) is 5.51. The zero-order valence-electron chi connectivity index (χ0n) is 31.3. The van der Waals surface area contributed by atoms with Crippen LogP contribution in [0.4, 0.5) is 25.1 Å². The van der Waals surface area contributed by atoms with E-state index >= 15 is 0 Å². The van der Waals surface area contributed by atoms with Gasteiger partial charge in [0.2, 0.25) is 17.2 Å². The van der Waals surface area contributed by atoms with Crippen molar-refractivity contribution in [1.82, 2.24) is 20.3 Å². The largest absolute Gasteiger partial charge is 0.778 e. The lowest BCUT2D eigenvalue weighted by Gasteiger charge is -2.17.